The lowest BCUT2D eigenvalue weighted by Crippen LogP contribution is -2.07. The normalized spacial score (nSPS) is 15.1. The van der Waals surface area contributed by atoms with Gasteiger partial charge in [0, 0.05) is 34.3 Å². The zero-order valence-corrected chi connectivity index (χ0v) is 13.6. The highest BCUT2D eigenvalue weighted by Crippen LogP contribution is 2.34. The molecule has 2 aromatic rings. The number of aromatic nitrogens is 2. The molecule has 1 aromatic heterocycles. The zero-order chi connectivity index (χ0) is 15.9. The molecule has 0 aliphatic heterocycles. The molecule has 0 atom stereocenters. The van der Waals surface area contributed by atoms with Gasteiger partial charge in [0.25, 0.3) is 0 Å². The van der Waals surface area contributed by atoms with Crippen molar-refractivity contribution < 1.29 is 4.79 Å². The average molecular weight is 325 g/mol. The Morgan fingerprint density at radius 2 is 1.96 bits per heavy atom. The van der Waals surface area contributed by atoms with Crippen molar-refractivity contribution in [3.05, 3.63) is 54.6 Å². The lowest BCUT2D eigenvalue weighted by atomic mass is 10.3. The van der Waals surface area contributed by atoms with Crippen LogP contribution in [-0.4, -0.2) is 21.1 Å². The Labute approximate surface area is 140 Å². The minimum atomic E-state index is -0.174. The number of nitrogens with one attached hydrogen (secondary N) is 1. The summed E-state index contributed by atoms with van der Waals surface area (Å²) in [4.78, 5) is 21.2. The van der Waals surface area contributed by atoms with Gasteiger partial charge in [0.1, 0.15) is 0 Å². The summed E-state index contributed by atoms with van der Waals surface area (Å²) in [7, 11) is 0. The molecule has 0 saturated heterocycles. The summed E-state index contributed by atoms with van der Waals surface area (Å²) in [5, 5.41) is 3.60. The van der Waals surface area contributed by atoms with Gasteiger partial charge in [-0.1, -0.05) is 12.8 Å². The lowest BCUT2D eigenvalue weighted by Gasteiger charge is -2.09. The number of benzene rings is 1. The first-order chi connectivity index (χ1) is 11.3. The molecule has 118 valence electrons. The molecule has 0 radical (unpaired) electrons. The largest absolute Gasteiger partial charge is 0.323 e. The topological polar surface area (TPSA) is 54.9 Å². The van der Waals surface area contributed by atoms with Crippen LogP contribution < -0.4 is 5.32 Å². The van der Waals surface area contributed by atoms with E-state index >= 15 is 0 Å². The molecular weight excluding hydrogens is 306 g/mol. The number of nitrogens with zero attached hydrogens (tertiary/aromatic N) is 2. The second-order valence-corrected chi connectivity index (χ2v) is 6.88. The van der Waals surface area contributed by atoms with E-state index in [0.717, 1.165) is 10.9 Å². The average Bonchev–Trinajstić information content (AvgIpc) is 3.09. The van der Waals surface area contributed by atoms with Crippen LogP contribution in [0, 0.1) is 0 Å². The van der Waals surface area contributed by atoms with Crippen LogP contribution in [0.1, 0.15) is 31.4 Å². The fourth-order valence-electron chi connectivity index (χ4n) is 2.56. The maximum atomic E-state index is 11.9. The van der Waals surface area contributed by atoms with Crippen molar-refractivity contribution in [3.8, 4) is 0 Å². The van der Waals surface area contributed by atoms with Crippen LogP contribution in [0.15, 0.2) is 53.8 Å². The highest BCUT2D eigenvalue weighted by atomic mass is 32.2. The maximum Gasteiger partial charge on any atom is 0.248 e. The number of rotatable bonds is 5. The van der Waals surface area contributed by atoms with E-state index in [-0.39, 0.29) is 5.91 Å². The number of hydrogen-bond acceptors (Lipinski definition) is 4. The molecule has 1 heterocycles. The molecule has 1 aromatic carbocycles. The molecule has 5 heteroatoms. The maximum absolute atomic E-state index is 11.9. The van der Waals surface area contributed by atoms with E-state index in [1.54, 1.807) is 24.7 Å². The van der Waals surface area contributed by atoms with Gasteiger partial charge in [0.2, 0.25) is 5.91 Å². The van der Waals surface area contributed by atoms with Crippen molar-refractivity contribution in [1.29, 1.82) is 0 Å². The van der Waals surface area contributed by atoms with Gasteiger partial charge in [0.05, 0.1) is 11.9 Å². The van der Waals surface area contributed by atoms with Gasteiger partial charge in [-0.05, 0) is 43.2 Å². The molecule has 1 fully saturated rings. The van der Waals surface area contributed by atoms with E-state index in [4.69, 9.17) is 0 Å². The first-order valence-corrected chi connectivity index (χ1v) is 8.69. The summed E-state index contributed by atoms with van der Waals surface area (Å²) in [5.74, 6) is -0.174. The Morgan fingerprint density at radius 3 is 2.65 bits per heavy atom. The summed E-state index contributed by atoms with van der Waals surface area (Å²) < 4.78 is 0. The Kier molecular flexibility index (Phi) is 5.42. The number of carbonyl (C=O) groups is 1. The standard InChI is InChI=1S/C18H19N3OS/c22-18(10-7-15-13-19-11-12-20-15)21-14-5-8-17(9-6-14)23-16-3-1-2-4-16/h5-13,16H,1-4H2,(H,21,22). The Morgan fingerprint density at radius 1 is 1.17 bits per heavy atom. The third kappa shape index (κ3) is 4.93. The molecule has 1 aliphatic rings. The second-order valence-electron chi connectivity index (χ2n) is 5.50. The predicted octanol–water partition coefficient (Wildman–Crippen LogP) is 4.16. The van der Waals surface area contributed by atoms with Crippen LogP contribution in [0.3, 0.4) is 0 Å². The fraction of sp³-hybridized carbons (Fsp3) is 0.278. The highest BCUT2D eigenvalue weighted by molar-refractivity contribution is 8.00. The van der Waals surface area contributed by atoms with E-state index in [0.29, 0.717) is 5.69 Å². The quantitative estimate of drug-likeness (QED) is 0.839. The van der Waals surface area contributed by atoms with Crippen LogP contribution in [-0.2, 0) is 4.79 Å². The van der Waals surface area contributed by atoms with E-state index in [2.05, 4.69) is 27.4 Å². The van der Waals surface area contributed by atoms with Gasteiger partial charge in [-0.3, -0.25) is 14.8 Å². The van der Waals surface area contributed by atoms with Crippen molar-refractivity contribution in [2.24, 2.45) is 0 Å². The van der Waals surface area contributed by atoms with Crippen molar-refractivity contribution in [2.45, 2.75) is 35.8 Å². The number of thioether (sulfide) groups is 1. The van der Waals surface area contributed by atoms with E-state index in [9.17, 15) is 4.79 Å². The minimum absolute atomic E-state index is 0.174. The van der Waals surface area contributed by atoms with Gasteiger partial charge in [-0.25, -0.2) is 0 Å². The molecule has 0 unspecified atom stereocenters. The van der Waals surface area contributed by atoms with E-state index < -0.39 is 0 Å². The van der Waals surface area contributed by atoms with Crippen LogP contribution in [0.4, 0.5) is 5.69 Å². The Bertz CT molecular complexity index is 664. The summed E-state index contributed by atoms with van der Waals surface area (Å²) in [6.07, 6.45) is 13.2. The first kappa shape index (κ1) is 15.7. The second kappa shape index (κ2) is 7.92. The van der Waals surface area contributed by atoms with Crippen molar-refractivity contribution >= 4 is 29.4 Å². The predicted molar refractivity (Wildman–Crippen MR) is 94.3 cm³/mol. The number of anilines is 1. The summed E-state index contributed by atoms with van der Waals surface area (Å²) in [6.45, 7) is 0. The molecule has 1 saturated carbocycles. The van der Waals surface area contributed by atoms with Crippen LogP contribution >= 0.6 is 11.8 Å². The highest BCUT2D eigenvalue weighted by Gasteiger charge is 2.15. The third-order valence-corrected chi connectivity index (χ3v) is 5.06. The molecule has 3 rings (SSSR count). The van der Waals surface area contributed by atoms with Crippen molar-refractivity contribution in [3.63, 3.8) is 0 Å². The first-order valence-electron chi connectivity index (χ1n) is 7.81. The lowest BCUT2D eigenvalue weighted by molar-refractivity contribution is -0.111. The van der Waals surface area contributed by atoms with Crippen molar-refractivity contribution in [1.82, 2.24) is 9.97 Å². The third-order valence-electron chi connectivity index (χ3n) is 3.72. The molecule has 1 aliphatic carbocycles. The van der Waals surface area contributed by atoms with E-state index in [1.807, 2.05) is 23.9 Å². The zero-order valence-electron chi connectivity index (χ0n) is 12.8. The molecule has 0 spiro atoms. The molecule has 4 nitrogen and oxygen atoms in total. The van der Waals surface area contributed by atoms with Crippen LogP contribution in [0.25, 0.3) is 6.08 Å². The monoisotopic (exact) mass is 325 g/mol. The minimum Gasteiger partial charge on any atom is -0.323 e. The molecule has 1 amide bonds. The summed E-state index contributed by atoms with van der Waals surface area (Å²) in [6, 6.07) is 8.05. The van der Waals surface area contributed by atoms with E-state index in [1.165, 1.54) is 36.7 Å². The van der Waals surface area contributed by atoms with Gasteiger partial charge in [0.15, 0.2) is 0 Å². The van der Waals surface area contributed by atoms with Crippen LogP contribution in [0.5, 0.6) is 0 Å². The Hall–Kier alpha value is -2.14. The molecule has 1 N–H and O–H groups in total. The van der Waals surface area contributed by atoms with Gasteiger partial charge in [-0.2, -0.15) is 0 Å². The van der Waals surface area contributed by atoms with Crippen LogP contribution in [0.2, 0.25) is 0 Å². The molecular formula is C18H19N3OS. The fourth-order valence-corrected chi connectivity index (χ4v) is 3.80. The smallest absolute Gasteiger partial charge is 0.248 e. The number of amides is 1. The SMILES string of the molecule is O=C(C=Cc1cnccn1)Nc1ccc(SC2CCCC2)cc1. The summed E-state index contributed by atoms with van der Waals surface area (Å²) in [5.41, 5.74) is 1.46. The van der Waals surface area contributed by atoms with Gasteiger partial charge >= 0.3 is 0 Å². The van der Waals surface area contributed by atoms with Gasteiger partial charge in [-0.15, -0.1) is 11.8 Å². The number of hydrogen-bond donors (Lipinski definition) is 1. The molecule has 0 bridgehead atoms. The van der Waals surface area contributed by atoms with Crippen molar-refractivity contribution in [2.75, 3.05) is 5.32 Å². The summed E-state index contributed by atoms with van der Waals surface area (Å²) >= 11 is 1.94. The Balaban J connectivity index is 1.53. The molecule has 23 heavy (non-hydrogen) atoms. The van der Waals surface area contributed by atoms with Gasteiger partial charge < -0.3 is 5.32 Å². The number of carbonyl (C=O) groups excluding carboxylic acids is 1.